The van der Waals surface area contributed by atoms with E-state index in [-0.39, 0.29) is 11.5 Å². The summed E-state index contributed by atoms with van der Waals surface area (Å²) >= 11 is 12.7. The molecule has 0 amide bonds. The molecule has 0 radical (unpaired) electrons. The lowest BCUT2D eigenvalue weighted by Gasteiger charge is -2.15. The number of nitrogens with one attached hydrogen (secondary N) is 2. The standard InChI is InChI=1S/2C26H26ClN5O2/c2*1-17-14-18(22-16-20(33)6-9-23(22)27)15-24-25(17)29-26(31-30-24)28-19-4-7-21(8-5-19)34-13-12-32-10-2-3-11-32/h2*4-9,14-16,33H,2-3,10-13H2,1H3,(H,28,29,31). The van der Waals surface area contributed by atoms with Gasteiger partial charge in [-0.2, -0.15) is 0 Å². The Morgan fingerprint density at radius 1 is 0.515 bits per heavy atom. The molecule has 0 spiro atoms. The first kappa shape index (κ1) is 46.3. The number of aryl methyl sites for hydroxylation is 2. The quantitative estimate of drug-likeness (QED) is 0.0813. The number of rotatable bonds is 14. The van der Waals surface area contributed by atoms with Crippen molar-refractivity contribution in [3.05, 3.63) is 130 Å². The Bertz CT molecular complexity index is 2820. The molecule has 68 heavy (non-hydrogen) atoms. The van der Waals surface area contributed by atoms with E-state index >= 15 is 0 Å². The van der Waals surface area contributed by atoms with E-state index in [1.165, 1.54) is 51.9 Å². The molecule has 0 saturated carbocycles. The molecule has 2 aliphatic rings. The van der Waals surface area contributed by atoms with Crippen LogP contribution in [0.5, 0.6) is 23.0 Å². The summed E-state index contributed by atoms with van der Waals surface area (Å²) in [6.07, 6.45) is 5.16. The van der Waals surface area contributed by atoms with Crippen molar-refractivity contribution in [1.82, 2.24) is 40.2 Å². The minimum absolute atomic E-state index is 0.156. The molecule has 0 aliphatic carbocycles. The number of nitrogens with zero attached hydrogens (tertiary/aromatic N) is 8. The maximum atomic E-state index is 9.85. The molecule has 2 fully saturated rings. The first-order chi connectivity index (χ1) is 33.1. The molecule has 4 heterocycles. The maximum Gasteiger partial charge on any atom is 0.247 e. The minimum atomic E-state index is 0.156. The molecule has 16 heteroatoms. The molecule has 6 aromatic carbocycles. The van der Waals surface area contributed by atoms with Crippen LogP contribution in [0.3, 0.4) is 0 Å². The third-order valence-electron chi connectivity index (χ3n) is 12.0. The number of halogens is 2. The monoisotopic (exact) mass is 950 g/mol. The number of anilines is 4. The zero-order valence-corrected chi connectivity index (χ0v) is 39.4. The van der Waals surface area contributed by atoms with E-state index in [0.29, 0.717) is 46.2 Å². The Balaban J connectivity index is 0.000000170. The molecule has 2 aromatic heterocycles. The molecule has 0 bridgehead atoms. The number of ether oxygens (including phenoxy) is 2. The van der Waals surface area contributed by atoms with Crippen LogP contribution < -0.4 is 20.1 Å². The van der Waals surface area contributed by atoms with Gasteiger partial charge < -0.3 is 30.3 Å². The Morgan fingerprint density at radius 3 is 1.31 bits per heavy atom. The van der Waals surface area contributed by atoms with Crippen molar-refractivity contribution in [2.75, 3.05) is 63.1 Å². The summed E-state index contributed by atoms with van der Waals surface area (Å²) in [5, 5.41) is 44.4. The van der Waals surface area contributed by atoms with E-state index in [4.69, 9.17) is 32.7 Å². The molecule has 14 nitrogen and oxygen atoms in total. The van der Waals surface area contributed by atoms with Gasteiger partial charge in [0, 0.05) is 45.6 Å². The molecule has 8 aromatic rings. The first-order valence-corrected chi connectivity index (χ1v) is 23.6. The van der Waals surface area contributed by atoms with Crippen molar-refractivity contribution < 1.29 is 19.7 Å². The normalized spacial score (nSPS) is 13.9. The maximum absolute atomic E-state index is 9.85. The SMILES string of the molecule is Cc1cc(-c2cc(O)ccc2Cl)cc2nnc(Nc3ccc(OCCN4CCCC4)cc3)nc12.Cc1cc(-c2cc(O)ccc2Cl)cc2nnc(Nc3ccc(OCCN4CCCC4)cc3)nc12. The van der Waals surface area contributed by atoms with Gasteiger partial charge in [-0.15, -0.1) is 20.4 Å². The van der Waals surface area contributed by atoms with Gasteiger partial charge in [0.15, 0.2) is 0 Å². The summed E-state index contributed by atoms with van der Waals surface area (Å²) in [5.41, 5.74) is 9.56. The molecule has 348 valence electrons. The number of fused-ring (bicyclic) bond motifs is 2. The van der Waals surface area contributed by atoms with Gasteiger partial charge in [-0.05, 0) is 197 Å². The average molecular weight is 952 g/mol. The highest BCUT2D eigenvalue weighted by Crippen LogP contribution is 2.35. The van der Waals surface area contributed by atoms with E-state index in [0.717, 1.165) is 80.4 Å². The van der Waals surface area contributed by atoms with Crippen LogP contribution in [0.25, 0.3) is 44.3 Å². The van der Waals surface area contributed by atoms with Crippen LogP contribution in [0.1, 0.15) is 36.8 Å². The van der Waals surface area contributed by atoms with E-state index in [2.05, 4.69) is 50.8 Å². The van der Waals surface area contributed by atoms with Crippen LogP contribution in [-0.4, -0.2) is 103 Å². The molecule has 10 rings (SSSR count). The van der Waals surface area contributed by atoms with E-state index < -0.39 is 0 Å². The van der Waals surface area contributed by atoms with Gasteiger partial charge in [0.1, 0.15) is 47.2 Å². The number of hydrogen-bond acceptors (Lipinski definition) is 14. The van der Waals surface area contributed by atoms with Gasteiger partial charge in [0.05, 0.1) is 11.0 Å². The van der Waals surface area contributed by atoms with Crippen LogP contribution in [-0.2, 0) is 0 Å². The summed E-state index contributed by atoms with van der Waals surface area (Å²) in [7, 11) is 0. The van der Waals surface area contributed by atoms with E-state index in [1.807, 2.05) is 86.6 Å². The van der Waals surface area contributed by atoms with Crippen molar-refractivity contribution in [3.8, 4) is 45.3 Å². The van der Waals surface area contributed by atoms with Crippen molar-refractivity contribution in [2.24, 2.45) is 0 Å². The van der Waals surface area contributed by atoms with E-state index in [1.54, 1.807) is 36.4 Å². The number of benzene rings is 6. The lowest BCUT2D eigenvalue weighted by Crippen LogP contribution is -2.25. The molecule has 0 unspecified atom stereocenters. The zero-order valence-electron chi connectivity index (χ0n) is 37.9. The van der Waals surface area contributed by atoms with Crippen LogP contribution in [0.4, 0.5) is 23.3 Å². The summed E-state index contributed by atoms with van der Waals surface area (Å²) in [4.78, 5) is 14.2. The Morgan fingerprint density at radius 2 is 0.912 bits per heavy atom. The molecular weight excluding hydrogens is 900 g/mol. The fourth-order valence-electron chi connectivity index (χ4n) is 8.43. The highest BCUT2D eigenvalue weighted by Gasteiger charge is 2.15. The van der Waals surface area contributed by atoms with Crippen molar-refractivity contribution in [3.63, 3.8) is 0 Å². The lowest BCUT2D eigenvalue weighted by molar-refractivity contribution is 0.237. The molecule has 0 atom stereocenters. The number of phenols is 2. The Hall–Kier alpha value is -6.84. The number of aromatic nitrogens is 6. The smallest absolute Gasteiger partial charge is 0.247 e. The third kappa shape index (κ3) is 11.6. The average Bonchev–Trinajstić information content (AvgIpc) is 4.08. The molecular formula is C52H52Cl2N10O4. The van der Waals surface area contributed by atoms with Gasteiger partial charge in [0.25, 0.3) is 0 Å². The summed E-state index contributed by atoms with van der Waals surface area (Å²) < 4.78 is 11.7. The summed E-state index contributed by atoms with van der Waals surface area (Å²) in [5.74, 6) is 2.84. The van der Waals surface area contributed by atoms with Crippen LogP contribution in [0.2, 0.25) is 10.0 Å². The van der Waals surface area contributed by atoms with Crippen molar-refractivity contribution >= 4 is 68.5 Å². The van der Waals surface area contributed by atoms with Gasteiger partial charge in [-0.25, -0.2) is 9.97 Å². The fourth-order valence-corrected chi connectivity index (χ4v) is 8.89. The predicted octanol–water partition coefficient (Wildman–Crippen LogP) is 11.2. The second kappa shape index (κ2) is 21.4. The van der Waals surface area contributed by atoms with Gasteiger partial charge in [0.2, 0.25) is 11.9 Å². The van der Waals surface area contributed by atoms with Crippen LogP contribution in [0.15, 0.2) is 109 Å². The lowest BCUT2D eigenvalue weighted by atomic mass is 10.0. The van der Waals surface area contributed by atoms with Gasteiger partial charge in [-0.1, -0.05) is 23.2 Å². The molecule has 4 N–H and O–H groups in total. The van der Waals surface area contributed by atoms with Crippen molar-refractivity contribution in [2.45, 2.75) is 39.5 Å². The second-order valence-electron chi connectivity index (χ2n) is 17.0. The predicted molar refractivity (Wildman–Crippen MR) is 270 cm³/mol. The van der Waals surface area contributed by atoms with E-state index in [9.17, 15) is 10.2 Å². The minimum Gasteiger partial charge on any atom is -0.508 e. The van der Waals surface area contributed by atoms with Crippen LogP contribution >= 0.6 is 23.2 Å². The Kier molecular flexibility index (Phi) is 14.6. The largest absolute Gasteiger partial charge is 0.508 e. The van der Waals surface area contributed by atoms with Gasteiger partial charge >= 0.3 is 0 Å². The highest BCUT2D eigenvalue weighted by atomic mass is 35.5. The second-order valence-corrected chi connectivity index (χ2v) is 17.8. The van der Waals surface area contributed by atoms with Crippen LogP contribution in [0, 0.1) is 13.8 Å². The summed E-state index contributed by atoms with van der Waals surface area (Å²) in [6, 6.07) is 33.0. The number of aromatic hydroxyl groups is 2. The number of hydrogen-bond donors (Lipinski definition) is 4. The van der Waals surface area contributed by atoms with Crippen molar-refractivity contribution in [1.29, 1.82) is 0 Å². The summed E-state index contributed by atoms with van der Waals surface area (Å²) in [6.45, 7) is 12.0. The Labute approximate surface area is 404 Å². The number of likely N-dealkylation sites (tertiary alicyclic amines) is 2. The fraction of sp³-hybridized carbons (Fsp3) is 0.269. The molecule has 2 saturated heterocycles. The van der Waals surface area contributed by atoms with Gasteiger partial charge in [-0.3, -0.25) is 9.80 Å². The molecule has 2 aliphatic heterocycles. The third-order valence-corrected chi connectivity index (χ3v) is 12.7. The topological polar surface area (TPSA) is 167 Å². The number of phenolic OH excluding ortho intramolecular Hbond substituents is 2. The first-order valence-electron chi connectivity index (χ1n) is 22.8. The zero-order chi connectivity index (χ0) is 47.0. The highest BCUT2D eigenvalue weighted by molar-refractivity contribution is 6.33.